The summed E-state index contributed by atoms with van der Waals surface area (Å²) < 4.78 is 31.0. The van der Waals surface area contributed by atoms with Gasteiger partial charge in [0.05, 0.1) is 7.11 Å². The van der Waals surface area contributed by atoms with Gasteiger partial charge in [0, 0.05) is 18.1 Å². The lowest BCUT2D eigenvalue weighted by Crippen LogP contribution is -2.45. The van der Waals surface area contributed by atoms with Crippen LogP contribution in [0.2, 0.25) is 0 Å². The van der Waals surface area contributed by atoms with Gasteiger partial charge in [0.25, 0.3) is 0 Å². The second-order valence-corrected chi connectivity index (χ2v) is 7.19. The van der Waals surface area contributed by atoms with Crippen LogP contribution < -0.4 is 4.74 Å². The third kappa shape index (κ3) is 3.42. The lowest BCUT2D eigenvalue weighted by molar-refractivity contribution is -0.123. The number of carboxylic acids is 1. The van der Waals surface area contributed by atoms with Crippen LogP contribution >= 0.6 is 0 Å². The average Bonchev–Trinajstić information content (AvgIpc) is 3.07. The van der Waals surface area contributed by atoms with E-state index in [-0.39, 0.29) is 47.7 Å². The highest BCUT2D eigenvalue weighted by Gasteiger charge is 2.51. The fourth-order valence-corrected chi connectivity index (χ4v) is 4.00. The third-order valence-electron chi connectivity index (χ3n) is 5.55. The van der Waals surface area contributed by atoms with Crippen molar-refractivity contribution >= 4 is 11.8 Å². The van der Waals surface area contributed by atoms with Gasteiger partial charge in [0.1, 0.15) is 28.5 Å². The van der Waals surface area contributed by atoms with Crippen LogP contribution in [-0.2, 0) is 20.7 Å². The van der Waals surface area contributed by atoms with Crippen molar-refractivity contribution in [1.82, 2.24) is 0 Å². The SMILES string of the molecule is C=CC[C@H]1C[C@]2([C@@H](C)Cc3cc(C(=O)O)c(OC)cc3F)OCOC2=CC1=O. The van der Waals surface area contributed by atoms with Gasteiger partial charge in [0.2, 0.25) is 0 Å². The van der Waals surface area contributed by atoms with Gasteiger partial charge >= 0.3 is 5.97 Å². The Morgan fingerprint density at radius 2 is 2.29 bits per heavy atom. The Kier molecular flexibility index (Phi) is 5.56. The molecule has 0 radical (unpaired) electrons. The van der Waals surface area contributed by atoms with Crippen molar-refractivity contribution in [3.05, 3.63) is 53.6 Å². The number of ketones is 1. The number of benzene rings is 1. The van der Waals surface area contributed by atoms with E-state index in [2.05, 4.69) is 6.58 Å². The van der Waals surface area contributed by atoms with E-state index in [0.29, 0.717) is 18.6 Å². The largest absolute Gasteiger partial charge is 0.496 e. The van der Waals surface area contributed by atoms with Crippen LogP contribution in [0.15, 0.2) is 36.6 Å². The molecule has 1 fully saturated rings. The highest BCUT2D eigenvalue weighted by molar-refractivity contribution is 5.94. The number of carbonyl (C=O) groups excluding carboxylic acids is 1. The molecular weight excluding hydrogens is 367 g/mol. The van der Waals surface area contributed by atoms with Crippen molar-refractivity contribution in [1.29, 1.82) is 0 Å². The van der Waals surface area contributed by atoms with Gasteiger partial charge in [-0.25, -0.2) is 9.18 Å². The number of rotatable bonds is 7. The molecule has 3 atom stereocenters. The van der Waals surface area contributed by atoms with Gasteiger partial charge in [-0.15, -0.1) is 6.58 Å². The number of carboxylic acid groups (broad SMARTS) is 1. The Morgan fingerprint density at radius 3 is 2.93 bits per heavy atom. The third-order valence-corrected chi connectivity index (χ3v) is 5.55. The first kappa shape index (κ1) is 20.1. The molecule has 150 valence electrons. The average molecular weight is 390 g/mol. The summed E-state index contributed by atoms with van der Waals surface area (Å²) in [6.07, 6.45) is 4.30. The fourth-order valence-electron chi connectivity index (χ4n) is 4.00. The molecule has 0 saturated carbocycles. The zero-order chi connectivity index (χ0) is 20.5. The summed E-state index contributed by atoms with van der Waals surface area (Å²) in [5.74, 6) is -1.89. The molecule has 1 aromatic rings. The predicted molar refractivity (Wildman–Crippen MR) is 98.6 cm³/mol. The zero-order valence-corrected chi connectivity index (χ0v) is 15.9. The minimum Gasteiger partial charge on any atom is -0.496 e. The summed E-state index contributed by atoms with van der Waals surface area (Å²) in [4.78, 5) is 23.8. The molecule has 0 spiro atoms. The topological polar surface area (TPSA) is 82.1 Å². The molecule has 1 saturated heterocycles. The van der Waals surface area contributed by atoms with E-state index in [1.165, 1.54) is 19.3 Å². The highest BCUT2D eigenvalue weighted by atomic mass is 19.1. The van der Waals surface area contributed by atoms with Gasteiger partial charge in [-0.1, -0.05) is 13.0 Å². The van der Waals surface area contributed by atoms with Crippen molar-refractivity contribution in [2.24, 2.45) is 11.8 Å². The van der Waals surface area contributed by atoms with Gasteiger partial charge in [-0.2, -0.15) is 0 Å². The van der Waals surface area contributed by atoms with Crippen molar-refractivity contribution < 1.29 is 33.3 Å². The first-order chi connectivity index (χ1) is 13.3. The molecule has 1 aliphatic heterocycles. The maximum absolute atomic E-state index is 14.6. The molecule has 6 nitrogen and oxygen atoms in total. The molecule has 3 rings (SSSR count). The molecule has 28 heavy (non-hydrogen) atoms. The second-order valence-electron chi connectivity index (χ2n) is 7.19. The summed E-state index contributed by atoms with van der Waals surface area (Å²) in [6, 6.07) is 2.37. The highest BCUT2D eigenvalue weighted by Crippen LogP contribution is 2.46. The Labute approximate surface area is 162 Å². The van der Waals surface area contributed by atoms with E-state index in [9.17, 15) is 19.1 Å². The normalized spacial score (nSPS) is 24.8. The maximum Gasteiger partial charge on any atom is 0.339 e. The second kappa shape index (κ2) is 7.75. The van der Waals surface area contributed by atoms with Crippen molar-refractivity contribution in [2.75, 3.05) is 13.9 Å². The number of methoxy groups -OCH3 is 1. The summed E-state index contributed by atoms with van der Waals surface area (Å²) in [5, 5.41) is 9.36. The summed E-state index contributed by atoms with van der Waals surface area (Å²) in [5.41, 5.74) is -0.712. The summed E-state index contributed by atoms with van der Waals surface area (Å²) in [6.45, 7) is 5.61. The zero-order valence-electron chi connectivity index (χ0n) is 15.9. The van der Waals surface area contributed by atoms with Crippen LogP contribution in [-0.4, -0.2) is 36.4 Å². The van der Waals surface area contributed by atoms with Crippen molar-refractivity contribution in [2.45, 2.75) is 31.8 Å². The molecule has 1 heterocycles. The molecule has 7 heteroatoms. The molecular formula is C21H23FO6. The number of allylic oxidation sites excluding steroid dienone is 2. The van der Waals surface area contributed by atoms with Gasteiger partial charge < -0.3 is 19.3 Å². The maximum atomic E-state index is 14.6. The smallest absolute Gasteiger partial charge is 0.339 e. The van der Waals surface area contributed by atoms with Crippen LogP contribution in [0, 0.1) is 17.7 Å². The molecule has 0 unspecified atom stereocenters. The van der Waals surface area contributed by atoms with Crippen LogP contribution in [0.3, 0.4) is 0 Å². The minimum absolute atomic E-state index is 0.0235. The van der Waals surface area contributed by atoms with Crippen LogP contribution in [0.5, 0.6) is 5.75 Å². The quantitative estimate of drug-likeness (QED) is 0.718. The van der Waals surface area contributed by atoms with Crippen LogP contribution in [0.25, 0.3) is 0 Å². The molecule has 0 amide bonds. The molecule has 2 aliphatic rings. The number of halogens is 1. The van der Waals surface area contributed by atoms with Crippen LogP contribution in [0.1, 0.15) is 35.7 Å². The van der Waals surface area contributed by atoms with E-state index >= 15 is 0 Å². The standard InChI is InChI=1S/C21H23FO6/c1-4-5-13-10-21(19(9-17(13)23)27-11-28-21)12(2)6-14-7-15(20(24)25)18(26-3)8-16(14)22/h4,7-9,12-13H,1,5-6,10-11H2,2-3H3,(H,24,25)/t12-,13-,21+/m0/s1. The molecule has 1 aliphatic carbocycles. The van der Waals surface area contributed by atoms with Crippen LogP contribution in [0.4, 0.5) is 4.39 Å². The van der Waals surface area contributed by atoms with Crippen molar-refractivity contribution in [3.8, 4) is 5.75 Å². The van der Waals surface area contributed by atoms with Gasteiger partial charge in [-0.05, 0) is 36.8 Å². The number of hydrogen-bond donors (Lipinski definition) is 1. The first-order valence-corrected chi connectivity index (χ1v) is 9.05. The first-order valence-electron chi connectivity index (χ1n) is 9.05. The van der Waals surface area contributed by atoms with E-state index in [0.717, 1.165) is 6.07 Å². The lowest BCUT2D eigenvalue weighted by atomic mass is 9.71. The van der Waals surface area contributed by atoms with E-state index in [1.54, 1.807) is 6.08 Å². The number of aromatic carboxylic acids is 1. The molecule has 0 bridgehead atoms. The Bertz CT molecular complexity index is 846. The summed E-state index contributed by atoms with van der Waals surface area (Å²) in [7, 11) is 1.29. The lowest BCUT2D eigenvalue weighted by Gasteiger charge is -2.38. The summed E-state index contributed by atoms with van der Waals surface area (Å²) >= 11 is 0. The van der Waals surface area contributed by atoms with E-state index in [1.807, 2.05) is 6.92 Å². The number of ether oxygens (including phenoxy) is 3. The molecule has 1 N–H and O–H groups in total. The van der Waals surface area contributed by atoms with E-state index < -0.39 is 17.4 Å². The predicted octanol–water partition coefficient (Wildman–Crippen LogP) is 3.50. The fraction of sp³-hybridized carbons (Fsp3) is 0.429. The molecule has 1 aromatic carbocycles. The number of carbonyl (C=O) groups is 2. The van der Waals surface area contributed by atoms with Gasteiger partial charge in [0.15, 0.2) is 12.6 Å². The minimum atomic E-state index is -1.20. The van der Waals surface area contributed by atoms with Crippen molar-refractivity contribution in [3.63, 3.8) is 0 Å². The number of fused-ring (bicyclic) bond motifs is 1. The number of hydrogen-bond acceptors (Lipinski definition) is 5. The van der Waals surface area contributed by atoms with Gasteiger partial charge in [-0.3, -0.25) is 4.79 Å². The Balaban J connectivity index is 1.94. The molecule has 0 aromatic heterocycles. The Hall–Kier alpha value is -2.67. The Morgan fingerprint density at radius 1 is 1.54 bits per heavy atom. The monoisotopic (exact) mass is 390 g/mol. The van der Waals surface area contributed by atoms with E-state index in [4.69, 9.17) is 14.2 Å².